The van der Waals surface area contributed by atoms with Crippen LogP contribution in [0.1, 0.15) is 66.0 Å². The summed E-state index contributed by atoms with van der Waals surface area (Å²) >= 11 is 0. The van der Waals surface area contributed by atoms with Crippen molar-refractivity contribution in [3.8, 4) is 5.69 Å². The van der Waals surface area contributed by atoms with Crippen LogP contribution in [0.15, 0.2) is 65.9 Å². The van der Waals surface area contributed by atoms with Crippen molar-refractivity contribution in [2.45, 2.75) is 51.4 Å². The van der Waals surface area contributed by atoms with Gasteiger partial charge in [0.05, 0.1) is 17.4 Å². The van der Waals surface area contributed by atoms with Gasteiger partial charge in [0, 0.05) is 31.9 Å². The fourth-order valence-corrected chi connectivity index (χ4v) is 4.54. The first-order valence-corrected chi connectivity index (χ1v) is 13.0. The number of aromatic nitrogens is 2. The van der Waals surface area contributed by atoms with Crippen molar-refractivity contribution in [1.29, 1.82) is 0 Å². The van der Waals surface area contributed by atoms with Gasteiger partial charge in [-0.2, -0.15) is 18.3 Å². The monoisotopic (exact) mass is 570 g/mol. The molecule has 0 radical (unpaired) electrons. The fraction of sp³-hybridized carbons (Fsp3) is 0.310. The maximum absolute atomic E-state index is 15.0. The number of hydrogen-bond donors (Lipinski definition) is 2. The van der Waals surface area contributed by atoms with E-state index in [1.54, 1.807) is 12.1 Å². The minimum absolute atomic E-state index is 0.123. The number of aliphatic imine (C=N–C) groups is 1. The third-order valence-electron chi connectivity index (χ3n) is 6.82. The number of nitrogens with one attached hydrogen (secondary N) is 1. The Balaban J connectivity index is 1.70. The molecule has 0 saturated heterocycles. The minimum atomic E-state index is -4.82. The van der Waals surface area contributed by atoms with E-state index in [0.29, 0.717) is 29.5 Å². The van der Waals surface area contributed by atoms with Crippen LogP contribution >= 0.6 is 0 Å². The summed E-state index contributed by atoms with van der Waals surface area (Å²) in [6.07, 6.45) is 1.65. The number of nitrogens with two attached hydrogens (primary N) is 1. The zero-order chi connectivity index (χ0) is 29.7. The van der Waals surface area contributed by atoms with Gasteiger partial charge in [-0.05, 0) is 60.9 Å². The Morgan fingerprint density at radius 3 is 2.63 bits per heavy atom. The Hall–Kier alpha value is -4.32. The van der Waals surface area contributed by atoms with E-state index in [1.165, 1.54) is 48.5 Å². The molecule has 3 N–H and O–H groups in total. The van der Waals surface area contributed by atoms with Crippen molar-refractivity contribution < 1.29 is 27.2 Å². The fourth-order valence-electron chi connectivity index (χ4n) is 4.54. The van der Waals surface area contributed by atoms with E-state index in [9.17, 15) is 27.2 Å². The Labute approximate surface area is 234 Å². The molecule has 4 rings (SSSR count). The van der Waals surface area contributed by atoms with Gasteiger partial charge in [-0.3, -0.25) is 14.6 Å². The van der Waals surface area contributed by atoms with Crippen molar-refractivity contribution in [3.63, 3.8) is 0 Å². The van der Waals surface area contributed by atoms with Crippen LogP contribution in [0.5, 0.6) is 0 Å². The van der Waals surface area contributed by atoms with Gasteiger partial charge >= 0.3 is 6.18 Å². The van der Waals surface area contributed by atoms with Crippen molar-refractivity contribution in [1.82, 2.24) is 14.7 Å². The standard InChI is InChI=1S/C29H30F4N6O2/c1-18(40)38(13-12-35-2)25(11-8-19-6-7-19)21-9-10-23(30)24(15-21)36-28(41)26-16-27(29(31,32)33)37-39(26)22-5-3-4-20(14-22)17-34/h3-5,9-10,12-16,19,25H,2,6-8,11,17,34H2,1H3,(H,36,41)/b13-12-. The molecular formula is C29H30F4N6O2. The topological polar surface area (TPSA) is 106 Å². The molecule has 1 heterocycles. The lowest BCUT2D eigenvalue weighted by Crippen LogP contribution is -2.28. The minimum Gasteiger partial charge on any atom is -0.326 e. The highest BCUT2D eigenvalue weighted by molar-refractivity contribution is 6.03. The third kappa shape index (κ3) is 7.26. The van der Waals surface area contributed by atoms with Gasteiger partial charge in [0.1, 0.15) is 11.5 Å². The van der Waals surface area contributed by atoms with Gasteiger partial charge in [0.15, 0.2) is 5.69 Å². The summed E-state index contributed by atoms with van der Waals surface area (Å²) in [6.45, 7) is 4.91. The molecule has 1 aromatic heterocycles. The lowest BCUT2D eigenvalue weighted by atomic mass is 9.98. The van der Waals surface area contributed by atoms with Crippen LogP contribution in [-0.4, -0.2) is 33.2 Å². The highest BCUT2D eigenvalue weighted by atomic mass is 19.4. The molecule has 1 unspecified atom stereocenters. The number of carbonyl (C=O) groups is 2. The van der Waals surface area contributed by atoms with Crippen molar-refractivity contribution in [2.24, 2.45) is 16.6 Å². The maximum Gasteiger partial charge on any atom is 0.435 e. The smallest absolute Gasteiger partial charge is 0.326 e. The van der Waals surface area contributed by atoms with E-state index in [1.807, 2.05) is 0 Å². The Morgan fingerprint density at radius 1 is 1.24 bits per heavy atom. The molecule has 8 nitrogen and oxygen atoms in total. The maximum atomic E-state index is 15.0. The van der Waals surface area contributed by atoms with Crippen LogP contribution in [0, 0.1) is 11.7 Å². The predicted molar refractivity (Wildman–Crippen MR) is 147 cm³/mol. The summed E-state index contributed by atoms with van der Waals surface area (Å²) in [7, 11) is 0. The Bertz CT molecular complexity index is 1460. The predicted octanol–water partition coefficient (Wildman–Crippen LogP) is 5.99. The number of anilines is 1. The van der Waals surface area contributed by atoms with Crippen molar-refractivity contribution in [2.75, 3.05) is 5.32 Å². The quantitative estimate of drug-likeness (QED) is 0.218. The summed E-state index contributed by atoms with van der Waals surface area (Å²) in [5.74, 6) is -1.53. The molecule has 1 aliphatic rings. The molecule has 1 aliphatic carbocycles. The first-order valence-electron chi connectivity index (χ1n) is 13.0. The van der Waals surface area contributed by atoms with Gasteiger partial charge in [-0.25, -0.2) is 9.07 Å². The number of rotatable bonds is 11. The second-order valence-corrected chi connectivity index (χ2v) is 9.84. The Morgan fingerprint density at radius 2 is 2.00 bits per heavy atom. The molecule has 0 bridgehead atoms. The molecule has 0 aliphatic heterocycles. The van der Waals surface area contributed by atoms with Crippen molar-refractivity contribution >= 4 is 24.2 Å². The molecule has 216 valence electrons. The number of carbonyl (C=O) groups excluding carboxylic acids is 2. The molecule has 1 atom stereocenters. The number of amides is 2. The molecule has 1 saturated carbocycles. The average molecular weight is 571 g/mol. The van der Waals surface area contributed by atoms with E-state index in [0.717, 1.165) is 30.0 Å². The SMILES string of the molecule is C=N/C=C\N(C(C)=O)C(CCC1CC1)c1ccc(F)c(NC(=O)c2cc(C(F)(F)F)nn2-c2cccc(CN)c2)c1. The van der Waals surface area contributed by atoms with Gasteiger partial charge in [-0.15, -0.1) is 0 Å². The number of alkyl halides is 3. The molecule has 41 heavy (non-hydrogen) atoms. The summed E-state index contributed by atoms with van der Waals surface area (Å²) in [5, 5.41) is 6.00. The second kappa shape index (κ2) is 12.5. The second-order valence-electron chi connectivity index (χ2n) is 9.84. The summed E-state index contributed by atoms with van der Waals surface area (Å²) in [5.41, 5.74) is 5.01. The van der Waals surface area contributed by atoms with Crippen LogP contribution in [0.25, 0.3) is 5.69 Å². The molecule has 2 aromatic carbocycles. The van der Waals surface area contributed by atoms with Crippen LogP contribution in [0.2, 0.25) is 0 Å². The van der Waals surface area contributed by atoms with E-state index in [4.69, 9.17) is 5.73 Å². The van der Waals surface area contributed by atoms with Gasteiger partial charge in [-0.1, -0.05) is 31.0 Å². The van der Waals surface area contributed by atoms with Crippen LogP contribution in [0.4, 0.5) is 23.2 Å². The number of hydrogen-bond acceptors (Lipinski definition) is 5. The average Bonchev–Trinajstić information content (AvgIpc) is 3.64. The number of benzene rings is 2. The molecule has 2 amide bonds. The lowest BCUT2D eigenvalue weighted by Gasteiger charge is -2.29. The molecule has 3 aromatic rings. The van der Waals surface area contributed by atoms with Gasteiger partial charge in [0.25, 0.3) is 5.91 Å². The van der Waals surface area contributed by atoms with E-state index < -0.39 is 35.3 Å². The van der Waals surface area contributed by atoms with Crippen LogP contribution in [0.3, 0.4) is 0 Å². The highest BCUT2D eigenvalue weighted by Gasteiger charge is 2.36. The number of halogens is 4. The van der Waals surface area contributed by atoms with Crippen LogP contribution in [-0.2, 0) is 17.5 Å². The molecule has 12 heteroatoms. The van der Waals surface area contributed by atoms with Crippen LogP contribution < -0.4 is 11.1 Å². The largest absolute Gasteiger partial charge is 0.435 e. The number of nitrogens with zero attached hydrogens (tertiary/aromatic N) is 4. The Kier molecular flexibility index (Phi) is 9.01. The third-order valence-corrected chi connectivity index (χ3v) is 6.82. The summed E-state index contributed by atoms with van der Waals surface area (Å²) < 4.78 is 56.5. The van der Waals surface area contributed by atoms with Crippen molar-refractivity contribution in [3.05, 3.63) is 89.3 Å². The van der Waals surface area contributed by atoms with E-state index in [-0.39, 0.29) is 23.8 Å². The van der Waals surface area contributed by atoms with E-state index in [2.05, 4.69) is 22.1 Å². The van der Waals surface area contributed by atoms with E-state index >= 15 is 0 Å². The molecule has 0 spiro atoms. The molecule has 1 fully saturated rings. The zero-order valence-corrected chi connectivity index (χ0v) is 22.4. The zero-order valence-electron chi connectivity index (χ0n) is 22.4. The first kappa shape index (κ1) is 29.7. The summed E-state index contributed by atoms with van der Waals surface area (Å²) in [4.78, 5) is 31.0. The van der Waals surface area contributed by atoms with Gasteiger partial charge < -0.3 is 16.0 Å². The molecular weight excluding hydrogens is 540 g/mol. The normalized spacial score (nSPS) is 14.2. The summed E-state index contributed by atoms with van der Waals surface area (Å²) in [6, 6.07) is 10.4. The lowest BCUT2D eigenvalue weighted by molar-refractivity contribution is -0.141. The van der Waals surface area contributed by atoms with Gasteiger partial charge in [0.2, 0.25) is 5.91 Å². The highest BCUT2D eigenvalue weighted by Crippen LogP contribution is 2.38. The first-order chi connectivity index (χ1) is 19.5.